The molecule has 1 rings (SSSR count). The third-order valence-electron chi connectivity index (χ3n) is 3.30. The number of ether oxygens (including phenoxy) is 2. The van der Waals surface area contributed by atoms with Crippen molar-refractivity contribution in [1.29, 1.82) is 0 Å². The van der Waals surface area contributed by atoms with E-state index in [1.54, 1.807) is 0 Å². The van der Waals surface area contributed by atoms with Gasteiger partial charge < -0.3 is 24.3 Å². The lowest BCUT2D eigenvalue weighted by Crippen LogP contribution is -2.27. The smallest absolute Gasteiger partial charge is 0.207 e. The Hall–Kier alpha value is -1.25. The third-order valence-corrected chi connectivity index (χ3v) is 3.70. The second-order valence-electron chi connectivity index (χ2n) is 5.59. The van der Waals surface area contributed by atoms with Crippen molar-refractivity contribution in [3.8, 4) is 0 Å². The van der Waals surface area contributed by atoms with Crippen molar-refractivity contribution in [2.75, 3.05) is 31.4 Å². The van der Waals surface area contributed by atoms with E-state index in [0.29, 0.717) is 28.7 Å². The maximum atomic E-state index is 5.37. The number of nitrogens with zero attached hydrogens (tertiary/aromatic N) is 2. The van der Waals surface area contributed by atoms with E-state index in [-0.39, 0.29) is 0 Å². The monoisotopic (exact) mass is 372 g/mol. The molecule has 0 saturated heterocycles. The summed E-state index contributed by atoms with van der Waals surface area (Å²) in [5.74, 6) is 1.44. The summed E-state index contributed by atoms with van der Waals surface area (Å²) in [5, 5.41) is 0. The lowest BCUT2D eigenvalue weighted by molar-refractivity contribution is -0.0233. The molecule has 136 valence electrons. The standard InChI is InChI=1S/C16H28N4O2S2/c1-4-9-20(14-17-15(23)19-16(24)18-14)10-7-5-6-8-11-21-12-22-13(2)3/h2,4-12H2,1,3H3,(H2,17,18,19,23,24). The van der Waals surface area contributed by atoms with Crippen LogP contribution in [0.15, 0.2) is 12.3 Å². The van der Waals surface area contributed by atoms with Crippen LogP contribution in [0.5, 0.6) is 0 Å². The number of aromatic amines is 2. The van der Waals surface area contributed by atoms with E-state index in [1.807, 2.05) is 6.92 Å². The van der Waals surface area contributed by atoms with Gasteiger partial charge >= 0.3 is 0 Å². The average Bonchev–Trinajstić information content (AvgIpc) is 2.51. The Bertz CT molecular complexity index is 572. The minimum absolute atomic E-state index is 0.291. The summed E-state index contributed by atoms with van der Waals surface area (Å²) in [7, 11) is 0. The number of unbranched alkanes of at least 4 members (excludes halogenated alkanes) is 3. The van der Waals surface area contributed by atoms with Crippen molar-refractivity contribution in [1.82, 2.24) is 15.0 Å². The summed E-state index contributed by atoms with van der Waals surface area (Å²) in [4.78, 5) is 12.4. The Morgan fingerprint density at radius 2 is 1.92 bits per heavy atom. The Balaban J connectivity index is 2.26. The van der Waals surface area contributed by atoms with Gasteiger partial charge in [-0.2, -0.15) is 4.98 Å². The molecule has 0 aliphatic heterocycles. The first-order valence-corrected chi connectivity index (χ1v) is 9.16. The molecular weight excluding hydrogens is 344 g/mol. The zero-order valence-electron chi connectivity index (χ0n) is 14.6. The summed E-state index contributed by atoms with van der Waals surface area (Å²) >= 11 is 10.2. The minimum Gasteiger partial charge on any atom is -0.473 e. The van der Waals surface area contributed by atoms with Crippen LogP contribution in [0.25, 0.3) is 0 Å². The number of rotatable bonds is 13. The molecule has 0 bridgehead atoms. The van der Waals surface area contributed by atoms with Gasteiger partial charge in [-0.25, -0.2) is 0 Å². The van der Waals surface area contributed by atoms with Crippen molar-refractivity contribution >= 4 is 30.4 Å². The quantitative estimate of drug-likeness (QED) is 0.230. The molecule has 0 aliphatic carbocycles. The van der Waals surface area contributed by atoms with E-state index in [2.05, 4.69) is 33.4 Å². The molecule has 2 N–H and O–H groups in total. The molecule has 0 fully saturated rings. The van der Waals surface area contributed by atoms with Crippen LogP contribution in [0.3, 0.4) is 0 Å². The number of H-pyrrole nitrogens is 2. The first-order chi connectivity index (χ1) is 11.5. The second-order valence-corrected chi connectivity index (χ2v) is 6.39. The molecule has 1 heterocycles. The van der Waals surface area contributed by atoms with Gasteiger partial charge in [0, 0.05) is 13.1 Å². The van der Waals surface area contributed by atoms with Crippen LogP contribution in [-0.4, -0.2) is 41.4 Å². The average molecular weight is 373 g/mol. The number of hydrogen-bond acceptors (Lipinski definition) is 6. The molecule has 0 saturated carbocycles. The number of allylic oxidation sites excluding steroid dienone is 1. The van der Waals surface area contributed by atoms with Crippen LogP contribution in [0.1, 0.15) is 46.0 Å². The predicted octanol–water partition coefficient (Wildman–Crippen LogP) is 4.50. The molecule has 1 aromatic rings. The van der Waals surface area contributed by atoms with Gasteiger partial charge in [0.1, 0.15) is 0 Å². The van der Waals surface area contributed by atoms with E-state index in [9.17, 15) is 0 Å². The molecule has 0 amide bonds. The van der Waals surface area contributed by atoms with Crippen molar-refractivity contribution in [3.05, 3.63) is 21.9 Å². The largest absolute Gasteiger partial charge is 0.473 e. The van der Waals surface area contributed by atoms with E-state index in [4.69, 9.17) is 33.9 Å². The summed E-state index contributed by atoms with van der Waals surface area (Å²) < 4.78 is 11.4. The summed E-state index contributed by atoms with van der Waals surface area (Å²) in [6, 6.07) is 0. The van der Waals surface area contributed by atoms with E-state index in [1.165, 1.54) is 0 Å². The zero-order valence-corrected chi connectivity index (χ0v) is 16.2. The molecular formula is C16H28N4O2S2. The van der Waals surface area contributed by atoms with Gasteiger partial charge in [-0.05, 0) is 50.6 Å². The lowest BCUT2D eigenvalue weighted by atomic mass is 10.2. The SMILES string of the molecule is C=C(C)OCOCCCCCCN(CCC)c1nc(=S)[nH]c(=S)[nH]1. The highest BCUT2D eigenvalue weighted by Gasteiger charge is 2.07. The first-order valence-electron chi connectivity index (χ1n) is 8.34. The van der Waals surface area contributed by atoms with Crippen LogP contribution < -0.4 is 4.90 Å². The van der Waals surface area contributed by atoms with Crippen LogP contribution in [0.4, 0.5) is 5.95 Å². The Morgan fingerprint density at radius 3 is 2.58 bits per heavy atom. The van der Waals surface area contributed by atoms with Gasteiger partial charge in [-0.15, -0.1) is 0 Å². The van der Waals surface area contributed by atoms with Gasteiger partial charge in [0.2, 0.25) is 10.7 Å². The number of nitrogens with one attached hydrogen (secondary N) is 2. The molecule has 24 heavy (non-hydrogen) atoms. The molecule has 0 aromatic carbocycles. The van der Waals surface area contributed by atoms with Crippen LogP contribution in [0, 0.1) is 9.54 Å². The number of aromatic nitrogens is 3. The molecule has 0 aliphatic rings. The van der Waals surface area contributed by atoms with Crippen molar-refractivity contribution in [2.24, 2.45) is 0 Å². The highest BCUT2D eigenvalue weighted by Crippen LogP contribution is 2.10. The summed E-state index contributed by atoms with van der Waals surface area (Å²) in [6.45, 7) is 10.5. The first kappa shape index (κ1) is 20.8. The highest BCUT2D eigenvalue weighted by molar-refractivity contribution is 7.71. The van der Waals surface area contributed by atoms with Crippen LogP contribution in [0.2, 0.25) is 0 Å². The third kappa shape index (κ3) is 9.14. The van der Waals surface area contributed by atoms with Crippen LogP contribution in [-0.2, 0) is 9.47 Å². The van der Waals surface area contributed by atoms with Crippen LogP contribution >= 0.6 is 24.4 Å². The highest BCUT2D eigenvalue weighted by atomic mass is 32.1. The maximum absolute atomic E-state index is 5.37. The summed E-state index contributed by atoms with van der Waals surface area (Å²) in [5.41, 5.74) is 0. The fourth-order valence-corrected chi connectivity index (χ4v) is 2.63. The summed E-state index contributed by atoms with van der Waals surface area (Å²) in [6.07, 6.45) is 5.45. The van der Waals surface area contributed by atoms with Gasteiger partial charge in [0.15, 0.2) is 11.6 Å². The van der Waals surface area contributed by atoms with Gasteiger partial charge in [0.25, 0.3) is 0 Å². The van der Waals surface area contributed by atoms with Gasteiger partial charge in [-0.1, -0.05) is 26.3 Å². The molecule has 1 aromatic heterocycles. The Labute approximate surface area is 154 Å². The molecule has 0 unspecified atom stereocenters. The van der Waals surface area contributed by atoms with E-state index >= 15 is 0 Å². The minimum atomic E-state index is 0.291. The topological polar surface area (TPSA) is 66.2 Å². The molecule has 6 nitrogen and oxygen atoms in total. The molecule has 0 radical (unpaired) electrons. The molecule has 8 heteroatoms. The molecule has 0 spiro atoms. The number of hydrogen-bond donors (Lipinski definition) is 2. The predicted molar refractivity (Wildman–Crippen MR) is 102 cm³/mol. The van der Waals surface area contributed by atoms with Gasteiger partial charge in [-0.3, -0.25) is 0 Å². The van der Waals surface area contributed by atoms with E-state index in [0.717, 1.165) is 51.1 Å². The normalized spacial score (nSPS) is 10.6. The fraction of sp³-hybridized carbons (Fsp3) is 0.688. The second kappa shape index (κ2) is 12.2. The Morgan fingerprint density at radius 1 is 1.17 bits per heavy atom. The molecule has 0 atom stereocenters. The number of anilines is 1. The van der Waals surface area contributed by atoms with Gasteiger partial charge in [0.05, 0.1) is 12.4 Å². The fourth-order valence-electron chi connectivity index (χ4n) is 2.19. The lowest BCUT2D eigenvalue weighted by Gasteiger charge is -2.22. The Kier molecular flexibility index (Phi) is 10.5. The van der Waals surface area contributed by atoms with Crippen molar-refractivity contribution in [3.63, 3.8) is 0 Å². The van der Waals surface area contributed by atoms with E-state index < -0.39 is 0 Å². The zero-order chi connectivity index (χ0) is 17.8. The maximum Gasteiger partial charge on any atom is 0.207 e. The van der Waals surface area contributed by atoms with Crippen molar-refractivity contribution in [2.45, 2.75) is 46.0 Å². The van der Waals surface area contributed by atoms with Crippen molar-refractivity contribution < 1.29 is 9.47 Å².